The van der Waals surface area contributed by atoms with Gasteiger partial charge in [0.15, 0.2) is 0 Å². The van der Waals surface area contributed by atoms with Gasteiger partial charge in [-0.25, -0.2) is 9.37 Å². The first-order valence-corrected chi connectivity index (χ1v) is 5.90. The Kier molecular flexibility index (Phi) is 2.63. The Morgan fingerprint density at radius 3 is 2.74 bits per heavy atom. The van der Waals surface area contributed by atoms with E-state index in [1.54, 1.807) is 31.2 Å². The molecule has 1 aromatic heterocycles. The van der Waals surface area contributed by atoms with Crippen LogP contribution < -0.4 is 5.56 Å². The summed E-state index contributed by atoms with van der Waals surface area (Å²) >= 11 is 0. The van der Waals surface area contributed by atoms with Crippen molar-refractivity contribution in [1.29, 1.82) is 0 Å². The number of aryl methyl sites for hydroxylation is 1. The van der Waals surface area contributed by atoms with E-state index in [-0.39, 0.29) is 11.4 Å². The second-order valence-corrected chi connectivity index (χ2v) is 4.37. The predicted molar refractivity (Wildman–Crippen MR) is 72.0 cm³/mol. The zero-order valence-corrected chi connectivity index (χ0v) is 10.3. The summed E-state index contributed by atoms with van der Waals surface area (Å²) in [5.41, 5.74) is 1.84. The molecule has 3 aromatic rings. The first-order valence-electron chi connectivity index (χ1n) is 5.90. The van der Waals surface area contributed by atoms with Gasteiger partial charge >= 0.3 is 0 Å². The molecule has 3 nitrogen and oxygen atoms in total. The van der Waals surface area contributed by atoms with Crippen LogP contribution in [0.2, 0.25) is 0 Å². The van der Waals surface area contributed by atoms with Crippen LogP contribution in [-0.2, 0) is 0 Å². The van der Waals surface area contributed by atoms with Gasteiger partial charge < -0.3 is 0 Å². The number of halogens is 1. The molecule has 94 valence electrons. The molecule has 0 fully saturated rings. The Labute approximate surface area is 109 Å². The van der Waals surface area contributed by atoms with E-state index in [9.17, 15) is 9.18 Å². The van der Waals surface area contributed by atoms with Crippen molar-refractivity contribution in [1.82, 2.24) is 9.55 Å². The monoisotopic (exact) mass is 254 g/mol. The van der Waals surface area contributed by atoms with Gasteiger partial charge in [0, 0.05) is 0 Å². The zero-order valence-electron chi connectivity index (χ0n) is 10.3. The number of hydrogen-bond donors (Lipinski definition) is 0. The smallest absolute Gasteiger partial charge is 0.265 e. The SMILES string of the molecule is Cc1cc(F)ccc1-n1cnc2ccccc2c1=O. The van der Waals surface area contributed by atoms with Crippen LogP contribution in [0, 0.1) is 12.7 Å². The third-order valence-electron chi connectivity index (χ3n) is 3.08. The molecule has 0 amide bonds. The average Bonchev–Trinajstić information content (AvgIpc) is 2.41. The number of para-hydroxylation sites is 1. The molecule has 2 aromatic carbocycles. The lowest BCUT2D eigenvalue weighted by Gasteiger charge is -2.09. The molecule has 0 spiro atoms. The molecule has 0 aliphatic carbocycles. The van der Waals surface area contributed by atoms with Crippen molar-refractivity contribution in [3.63, 3.8) is 0 Å². The minimum Gasteiger partial charge on any atom is -0.268 e. The predicted octanol–water partition coefficient (Wildman–Crippen LogP) is 2.83. The zero-order chi connectivity index (χ0) is 13.4. The number of benzene rings is 2. The molecular formula is C15H11FN2O. The van der Waals surface area contributed by atoms with Gasteiger partial charge in [-0.2, -0.15) is 0 Å². The Balaban J connectivity index is 2.31. The van der Waals surface area contributed by atoms with Gasteiger partial charge in [-0.05, 0) is 42.8 Å². The summed E-state index contributed by atoms with van der Waals surface area (Å²) < 4.78 is 14.6. The fourth-order valence-corrected chi connectivity index (χ4v) is 2.13. The van der Waals surface area contributed by atoms with Crippen LogP contribution in [0.1, 0.15) is 5.56 Å². The largest absolute Gasteiger partial charge is 0.268 e. The quantitative estimate of drug-likeness (QED) is 0.669. The highest BCUT2D eigenvalue weighted by atomic mass is 19.1. The van der Waals surface area contributed by atoms with E-state index < -0.39 is 0 Å². The van der Waals surface area contributed by atoms with Gasteiger partial charge in [-0.1, -0.05) is 12.1 Å². The van der Waals surface area contributed by atoms with Crippen LogP contribution in [0.3, 0.4) is 0 Å². The number of fused-ring (bicyclic) bond motifs is 1. The number of nitrogens with zero attached hydrogens (tertiary/aromatic N) is 2. The Morgan fingerprint density at radius 1 is 1.16 bits per heavy atom. The summed E-state index contributed by atoms with van der Waals surface area (Å²) in [5.74, 6) is -0.317. The Bertz CT molecular complexity index is 824. The highest BCUT2D eigenvalue weighted by molar-refractivity contribution is 5.77. The molecule has 0 saturated heterocycles. The molecule has 0 saturated carbocycles. The first-order chi connectivity index (χ1) is 9.16. The first kappa shape index (κ1) is 11.6. The van der Waals surface area contributed by atoms with Crippen molar-refractivity contribution < 1.29 is 4.39 Å². The van der Waals surface area contributed by atoms with Crippen molar-refractivity contribution in [2.45, 2.75) is 6.92 Å². The standard InChI is InChI=1S/C15H11FN2O/c1-10-8-11(16)6-7-14(10)18-9-17-13-5-3-2-4-12(13)15(18)19/h2-9H,1H3. The Morgan fingerprint density at radius 2 is 1.95 bits per heavy atom. The number of aromatic nitrogens is 2. The third kappa shape index (κ3) is 1.91. The summed E-state index contributed by atoms with van der Waals surface area (Å²) in [4.78, 5) is 16.6. The van der Waals surface area contributed by atoms with Gasteiger partial charge in [0.05, 0.1) is 16.6 Å². The molecule has 0 aliphatic rings. The van der Waals surface area contributed by atoms with Gasteiger partial charge in [-0.3, -0.25) is 9.36 Å². The van der Waals surface area contributed by atoms with E-state index in [1.165, 1.54) is 23.0 Å². The summed E-state index contributed by atoms with van der Waals surface area (Å²) in [7, 11) is 0. The maximum absolute atomic E-state index is 13.1. The fourth-order valence-electron chi connectivity index (χ4n) is 2.13. The fraction of sp³-hybridized carbons (Fsp3) is 0.0667. The number of hydrogen-bond acceptors (Lipinski definition) is 2. The molecule has 19 heavy (non-hydrogen) atoms. The maximum atomic E-state index is 13.1. The molecule has 4 heteroatoms. The highest BCUT2D eigenvalue weighted by Gasteiger charge is 2.07. The third-order valence-corrected chi connectivity index (χ3v) is 3.08. The summed E-state index contributed by atoms with van der Waals surface area (Å²) in [6, 6.07) is 11.5. The molecule has 0 N–H and O–H groups in total. The van der Waals surface area contributed by atoms with Gasteiger partial charge in [0.2, 0.25) is 0 Å². The molecule has 0 atom stereocenters. The van der Waals surface area contributed by atoms with Crippen molar-refractivity contribution in [3.05, 3.63) is 70.5 Å². The van der Waals surface area contributed by atoms with Crippen molar-refractivity contribution in [3.8, 4) is 5.69 Å². The van der Waals surface area contributed by atoms with Crippen LogP contribution >= 0.6 is 0 Å². The topological polar surface area (TPSA) is 34.9 Å². The number of rotatable bonds is 1. The van der Waals surface area contributed by atoms with E-state index in [4.69, 9.17) is 0 Å². The molecule has 1 heterocycles. The van der Waals surface area contributed by atoms with E-state index in [0.29, 0.717) is 22.2 Å². The Hall–Kier alpha value is -2.49. The molecule has 0 bridgehead atoms. The van der Waals surface area contributed by atoms with Crippen LogP contribution in [0.15, 0.2) is 53.6 Å². The molecule has 0 radical (unpaired) electrons. The van der Waals surface area contributed by atoms with E-state index in [0.717, 1.165) is 0 Å². The molecular weight excluding hydrogens is 243 g/mol. The maximum Gasteiger partial charge on any atom is 0.265 e. The van der Waals surface area contributed by atoms with Crippen molar-refractivity contribution in [2.75, 3.05) is 0 Å². The van der Waals surface area contributed by atoms with Crippen molar-refractivity contribution >= 4 is 10.9 Å². The van der Waals surface area contributed by atoms with E-state index >= 15 is 0 Å². The van der Waals surface area contributed by atoms with E-state index in [2.05, 4.69) is 4.98 Å². The molecule has 0 aliphatic heterocycles. The van der Waals surface area contributed by atoms with Crippen LogP contribution in [0.5, 0.6) is 0 Å². The van der Waals surface area contributed by atoms with Gasteiger partial charge in [-0.15, -0.1) is 0 Å². The average molecular weight is 254 g/mol. The van der Waals surface area contributed by atoms with Gasteiger partial charge in [0.25, 0.3) is 5.56 Å². The molecule has 0 unspecified atom stereocenters. The lowest BCUT2D eigenvalue weighted by atomic mass is 10.2. The lowest BCUT2D eigenvalue weighted by Crippen LogP contribution is -2.19. The second-order valence-electron chi connectivity index (χ2n) is 4.37. The van der Waals surface area contributed by atoms with Gasteiger partial charge in [0.1, 0.15) is 12.1 Å². The lowest BCUT2D eigenvalue weighted by molar-refractivity contribution is 0.626. The van der Waals surface area contributed by atoms with Crippen molar-refractivity contribution in [2.24, 2.45) is 0 Å². The minimum atomic E-state index is -0.317. The normalized spacial score (nSPS) is 10.8. The van der Waals surface area contributed by atoms with Crippen LogP contribution in [0.4, 0.5) is 4.39 Å². The molecule has 3 rings (SSSR count). The summed E-state index contributed by atoms with van der Waals surface area (Å²) in [6.45, 7) is 1.76. The van der Waals surface area contributed by atoms with E-state index in [1.807, 2.05) is 6.07 Å². The summed E-state index contributed by atoms with van der Waals surface area (Å²) in [6.07, 6.45) is 1.48. The van der Waals surface area contributed by atoms with Crippen LogP contribution in [-0.4, -0.2) is 9.55 Å². The highest BCUT2D eigenvalue weighted by Crippen LogP contribution is 2.14. The van der Waals surface area contributed by atoms with Crippen LogP contribution in [0.25, 0.3) is 16.6 Å². The second kappa shape index (κ2) is 4.31. The summed E-state index contributed by atoms with van der Waals surface area (Å²) in [5, 5.41) is 0.550. The minimum absolute atomic E-state index is 0.152.